The predicted octanol–water partition coefficient (Wildman–Crippen LogP) is 1.19. The normalized spacial score (nSPS) is 10.4. The van der Waals surface area contributed by atoms with Gasteiger partial charge in [0, 0.05) is 20.2 Å². The first-order valence-corrected chi connectivity index (χ1v) is 6.14. The third-order valence-electron chi connectivity index (χ3n) is 2.91. The lowest BCUT2D eigenvalue weighted by molar-refractivity contribution is 0.0696. The van der Waals surface area contributed by atoms with Crippen molar-refractivity contribution in [3.8, 4) is 0 Å². The minimum absolute atomic E-state index is 0.00455. The lowest BCUT2D eigenvalue weighted by Crippen LogP contribution is -2.24. The maximum absolute atomic E-state index is 13.4. The smallest absolute Gasteiger partial charge is 0.335 e. The molecular formula is C14H14FN3O3. The van der Waals surface area contributed by atoms with E-state index in [1.54, 1.807) is 19.0 Å². The molecule has 110 valence electrons. The van der Waals surface area contributed by atoms with Crippen molar-refractivity contribution in [3.05, 3.63) is 57.8 Å². The van der Waals surface area contributed by atoms with E-state index in [0.29, 0.717) is 11.3 Å². The maximum Gasteiger partial charge on any atom is 0.335 e. The number of aromatic carboxylic acids is 1. The van der Waals surface area contributed by atoms with E-state index in [-0.39, 0.29) is 17.7 Å². The first kappa shape index (κ1) is 14.7. The Kier molecular flexibility index (Phi) is 4.02. The number of halogens is 1. The van der Waals surface area contributed by atoms with Crippen LogP contribution in [0.4, 0.5) is 10.1 Å². The standard InChI is InChI=1S/C14H14FN3O3/c1-17(2)12-6-13(19)18(16-7-12)8-9-3-10(14(20)21)5-11(15)4-9/h3-7H,8H2,1-2H3,(H,20,21). The Morgan fingerprint density at radius 2 is 2.05 bits per heavy atom. The summed E-state index contributed by atoms with van der Waals surface area (Å²) in [6.07, 6.45) is 1.51. The molecule has 0 saturated heterocycles. The van der Waals surface area contributed by atoms with Crippen LogP contribution >= 0.6 is 0 Å². The molecule has 21 heavy (non-hydrogen) atoms. The van der Waals surface area contributed by atoms with Crippen LogP contribution < -0.4 is 10.5 Å². The number of hydrogen-bond acceptors (Lipinski definition) is 4. The Morgan fingerprint density at radius 1 is 1.33 bits per heavy atom. The zero-order chi connectivity index (χ0) is 15.6. The molecule has 0 unspecified atom stereocenters. The molecule has 1 heterocycles. The molecule has 0 bridgehead atoms. The summed E-state index contributed by atoms with van der Waals surface area (Å²) >= 11 is 0. The molecule has 0 saturated carbocycles. The van der Waals surface area contributed by atoms with Crippen LogP contribution in [-0.4, -0.2) is 35.0 Å². The van der Waals surface area contributed by atoms with Gasteiger partial charge in [0.05, 0.1) is 24.0 Å². The van der Waals surface area contributed by atoms with Gasteiger partial charge in [-0.3, -0.25) is 4.79 Å². The summed E-state index contributed by atoms with van der Waals surface area (Å²) in [6.45, 7) is 0.00455. The highest BCUT2D eigenvalue weighted by Gasteiger charge is 2.09. The molecule has 1 aromatic heterocycles. The van der Waals surface area contributed by atoms with Crippen LogP contribution in [0.15, 0.2) is 35.3 Å². The molecule has 0 spiro atoms. The van der Waals surface area contributed by atoms with Crippen LogP contribution in [0.2, 0.25) is 0 Å². The number of rotatable bonds is 4. The number of carboxylic acids is 1. The van der Waals surface area contributed by atoms with E-state index >= 15 is 0 Å². The van der Waals surface area contributed by atoms with Gasteiger partial charge in [-0.1, -0.05) is 0 Å². The van der Waals surface area contributed by atoms with Gasteiger partial charge in [0.15, 0.2) is 0 Å². The molecule has 0 aliphatic rings. The van der Waals surface area contributed by atoms with E-state index in [0.717, 1.165) is 10.7 Å². The van der Waals surface area contributed by atoms with Gasteiger partial charge < -0.3 is 10.0 Å². The summed E-state index contributed by atoms with van der Waals surface area (Å²) in [5.41, 5.74) is 0.506. The summed E-state index contributed by atoms with van der Waals surface area (Å²) in [4.78, 5) is 24.5. The molecular weight excluding hydrogens is 277 g/mol. The minimum Gasteiger partial charge on any atom is -0.478 e. The van der Waals surface area contributed by atoms with Gasteiger partial charge in [-0.25, -0.2) is 13.9 Å². The number of carbonyl (C=O) groups is 1. The Morgan fingerprint density at radius 3 is 2.62 bits per heavy atom. The first-order chi connectivity index (χ1) is 9.86. The fraction of sp³-hybridized carbons (Fsp3) is 0.214. The second-order valence-corrected chi connectivity index (χ2v) is 4.76. The lowest BCUT2D eigenvalue weighted by Gasteiger charge is -2.12. The highest BCUT2D eigenvalue weighted by atomic mass is 19.1. The molecule has 0 aliphatic carbocycles. The predicted molar refractivity (Wildman–Crippen MR) is 75.3 cm³/mol. The van der Waals surface area contributed by atoms with E-state index in [9.17, 15) is 14.0 Å². The molecule has 0 fully saturated rings. The van der Waals surface area contributed by atoms with Crippen molar-refractivity contribution in [2.24, 2.45) is 0 Å². The van der Waals surface area contributed by atoms with Crippen molar-refractivity contribution in [2.75, 3.05) is 19.0 Å². The Bertz CT molecular complexity index is 740. The molecule has 0 atom stereocenters. The van der Waals surface area contributed by atoms with Gasteiger partial charge in [-0.15, -0.1) is 0 Å². The lowest BCUT2D eigenvalue weighted by atomic mass is 10.1. The van der Waals surface area contributed by atoms with Crippen LogP contribution in [0.25, 0.3) is 0 Å². The summed E-state index contributed by atoms with van der Waals surface area (Å²) in [6, 6.07) is 4.83. The fourth-order valence-corrected chi connectivity index (χ4v) is 1.83. The minimum atomic E-state index is -1.22. The third kappa shape index (κ3) is 3.44. The van der Waals surface area contributed by atoms with Gasteiger partial charge in [-0.05, 0) is 23.8 Å². The topological polar surface area (TPSA) is 75.4 Å². The number of carboxylic acid groups (broad SMARTS) is 1. The van der Waals surface area contributed by atoms with Crippen LogP contribution in [0, 0.1) is 5.82 Å². The Hall–Kier alpha value is -2.70. The third-order valence-corrected chi connectivity index (χ3v) is 2.91. The summed E-state index contributed by atoms with van der Waals surface area (Å²) in [7, 11) is 3.57. The van der Waals surface area contributed by atoms with Gasteiger partial charge in [-0.2, -0.15) is 5.10 Å². The van der Waals surface area contributed by atoms with E-state index in [4.69, 9.17) is 5.11 Å². The number of benzene rings is 1. The zero-order valence-electron chi connectivity index (χ0n) is 11.6. The fourth-order valence-electron chi connectivity index (χ4n) is 1.83. The summed E-state index contributed by atoms with van der Waals surface area (Å²) < 4.78 is 14.5. The monoisotopic (exact) mass is 291 g/mol. The van der Waals surface area contributed by atoms with Crippen LogP contribution in [0.3, 0.4) is 0 Å². The quantitative estimate of drug-likeness (QED) is 0.916. The number of aromatic nitrogens is 2. The van der Waals surface area contributed by atoms with E-state index in [1.807, 2.05) is 0 Å². The average Bonchev–Trinajstić information content (AvgIpc) is 2.40. The van der Waals surface area contributed by atoms with Gasteiger partial charge in [0.25, 0.3) is 5.56 Å². The van der Waals surface area contributed by atoms with Crippen molar-refractivity contribution in [2.45, 2.75) is 6.54 Å². The Labute approximate surface area is 120 Å². The molecule has 1 aromatic carbocycles. The molecule has 1 N–H and O–H groups in total. The first-order valence-electron chi connectivity index (χ1n) is 6.14. The second kappa shape index (κ2) is 5.74. The zero-order valence-corrected chi connectivity index (χ0v) is 11.6. The molecule has 0 aliphatic heterocycles. The van der Waals surface area contributed by atoms with Crippen molar-refractivity contribution in [1.82, 2.24) is 9.78 Å². The Balaban J connectivity index is 2.34. The molecule has 2 rings (SSSR count). The molecule has 7 heteroatoms. The molecule has 6 nitrogen and oxygen atoms in total. The highest BCUT2D eigenvalue weighted by Crippen LogP contribution is 2.11. The number of nitrogens with zero attached hydrogens (tertiary/aromatic N) is 3. The van der Waals surface area contributed by atoms with Crippen molar-refractivity contribution in [1.29, 1.82) is 0 Å². The van der Waals surface area contributed by atoms with E-state index < -0.39 is 11.8 Å². The summed E-state index contributed by atoms with van der Waals surface area (Å²) in [5, 5.41) is 12.9. The van der Waals surface area contributed by atoms with Crippen LogP contribution in [0.1, 0.15) is 15.9 Å². The highest BCUT2D eigenvalue weighted by molar-refractivity contribution is 5.87. The largest absolute Gasteiger partial charge is 0.478 e. The van der Waals surface area contributed by atoms with Crippen molar-refractivity contribution >= 4 is 11.7 Å². The second-order valence-electron chi connectivity index (χ2n) is 4.76. The van der Waals surface area contributed by atoms with Crippen molar-refractivity contribution in [3.63, 3.8) is 0 Å². The van der Waals surface area contributed by atoms with E-state index in [1.165, 1.54) is 24.4 Å². The molecule has 2 aromatic rings. The van der Waals surface area contributed by atoms with Gasteiger partial charge >= 0.3 is 5.97 Å². The van der Waals surface area contributed by atoms with Crippen LogP contribution in [0.5, 0.6) is 0 Å². The number of anilines is 1. The van der Waals surface area contributed by atoms with E-state index in [2.05, 4.69) is 5.10 Å². The molecule has 0 radical (unpaired) electrons. The van der Waals surface area contributed by atoms with Crippen molar-refractivity contribution < 1.29 is 14.3 Å². The van der Waals surface area contributed by atoms with Gasteiger partial charge in [0.1, 0.15) is 5.82 Å². The van der Waals surface area contributed by atoms with Gasteiger partial charge in [0.2, 0.25) is 0 Å². The maximum atomic E-state index is 13.4. The number of hydrogen-bond donors (Lipinski definition) is 1. The summed E-state index contributed by atoms with van der Waals surface area (Å²) in [5.74, 6) is -1.89. The SMILES string of the molecule is CN(C)c1cnn(Cc2cc(F)cc(C(=O)O)c2)c(=O)c1. The van der Waals surface area contributed by atoms with Crippen LogP contribution in [-0.2, 0) is 6.54 Å². The molecule has 0 amide bonds. The average molecular weight is 291 g/mol.